The van der Waals surface area contributed by atoms with E-state index in [-0.39, 0.29) is 10.6 Å². The minimum Gasteiger partial charge on any atom is -0.312 e. The summed E-state index contributed by atoms with van der Waals surface area (Å²) in [4.78, 5) is 11.6. The molecule has 1 aromatic heterocycles. The molecule has 0 aliphatic rings. The number of thiophene rings is 1. The molecule has 1 heterocycles. The van der Waals surface area contributed by atoms with E-state index in [1.54, 1.807) is 13.8 Å². The monoisotopic (exact) mass is 230 g/mol. The van der Waals surface area contributed by atoms with Crippen molar-refractivity contribution >= 4 is 22.2 Å². The van der Waals surface area contributed by atoms with Crippen LogP contribution in [-0.2, 0) is 4.79 Å². The zero-order valence-corrected chi connectivity index (χ0v) is 8.91. The first kappa shape index (κ1) is 11.6. The fourth-order valence-electron chi connectivity index (χ4n) is 1.02. The highest BCUT2D eigenvalue weighted by Crippen LogP contribution is 2.31. The van der Waals surface area contributed by atoms with Crippen LogP contribution in [0.2, 0.25) is 0 Å². The first-order valence-electron chi connectivity index (χ1n) is 4.06. The standard InChI is InChI=1S/C9H8F2N2OS/c1-4-5(2)15-9(6(4)3-12)13-8(14)7(10)11/h7H,1-2H3,(H,13,14). The first-order chi connectivity index (χ1) is 6.97. The largest absolute Gasteiger partial charge is 0.315 e. The minimum absolute atomic E-state index is 0.192. The molecular weight excluding hydrogens is 222 g/mol. The van der Waals surface area contributed by atoms with Crippen molar-refractivity contribution in [2.75, 3.05) is 5.32 Å². The van der Waals surface area contributed by atoms with Crippen molar-refractivity contribution in [3.8, 4) is 6.07 Å². The van der Waals surface area contributed by atoms with Crippen molar-refractivity contribution in [2.24, 2.45) is 0 Å². The number of nitrogens with zero attached hydrogens (tertiary/aromatic N) is 1. The number of rotatable bonds is 2. The van der Waals surface area contributed by atoms with Crippen LogP contribution in [0.1, 0.15) is 16.0 Å². The lowest BCUT2D eigenvalue weighted by molar-refractivity contribution is -0.126. The molecule has 1 rings (SSSR count). The average Bonchev–Trinajstić information content (AvgIpc) is 2.42. The van der Waals surface area contributed by atoms with E-state index >= 15 is 0 Å². The maximum absolute atomic E-state index is 12.0. The van der Waals surface area contributed by atoms with Gasteiger partial charge in [0.25, 0.3) is 5.91 Å². The van der Waals surface area contributed by atoms with Gasteiger partial charge in [0.1, 0.15) is 11.1 Å². The van der Waals surface area contributed by atoms with E-state index in [0.717, 1.165) is 16.2 Å². The fraction of sp³-hybridized carbons (Fsp3) is 0.333. The number of carbonyl (C=O) groups is 1. The Morgan fingerprint density at radius 1 is 1.53 bits per heavy atom. The maximum Gasteiger partial charge on any atom is 0.315 e. The Hall–Kier alpha value is -1.48. The Balaban J connectivity index is 3.02. The summed E-state index contributed by atoms with van der Waals surface area (Å²) >= 11 is 1.12. The predicted molar refractivity (Wildman–Crippen MR) is 53.1 cm³/mol. The number of hydrogen-bond donors (Lipinski definition) is 1. The fourth-order valence-corrected chi connectivity index (χ4v) is 2.03. The molecule has 3 nitrogen and oxygen atoms in total. The Morgan fingerprint density at radius 3 is 2.60 bits per heavy atom. The molecule has 80 valence electrons. The number of hydrogen-bond acceptors (Lipinski definition) is 3. The average molecular weight is 230 g/mol. The van der Waals surface area contributed by atoms with E-state index < -0.39 is 12.3 Å². The van der Waals surface area contributed by atoms with E-state index in [4.69, 9.17) is 5.26 Å². The number of aryl methyl sites for hydroxylation is 1. The van der Waals surface area contributed by atoms with Gasteiger partial charge in [-0.05, 0) is 19.4 Å². The third-order valence-corrected chi connectivity index (χ3v) is 3.05. The minimum atomic E-state index is -3.07. The van der Waals surface area contributed by atoms with Crippen LogP contribution < -0.4 is 5.32 Å². The number of nitriles is 1. The smallest absolute Gasteiger partial charge is 0.312 e. The summed E-state index contributed by atoms with van der Waals surface area (Å²) in [5, 5.41) is 11.0. The number of nitrogens with one attached hydrogen (secondary N) is 1. The lowest BCUT2D eigenvalue weighted by Gasteiger charge is -2.01. The number of anilines is 1. The van der Waals surface area contributed by atoms with Crippen LogP contribution in [0.4, 0.5) is 13.8 Å². The lowest BCUT2D eigenvalue weighted by atomic mass is 10.2. The second kappa shape index (κ2) is 4.36. The van der Waals surface area contributed by atoms with Gasteiger partial charge in [0.2, 0.25) is 0 Å². The molecule has 0 bridgehead atoms. The van der Waals surface area contributed by atoms with Gasteiger partial charge < -0.3 is 5.32 Å². The Morgan fingerprint density at radius 2 is 2.13 bits per heavy atom. The second-order valence-corrected chi connectivity index (χ2v) is 4.11. The van der Waals surface area contributed by atoms with E-state index in [2.05, 4.69) is 0 Å². The van der Waals surface area contributed by atoms with Gasteiger partial charge in [-0.3, -0.25) is 4.79 Å². The normalized spacial score (nSPS) is 10.1. The van der Waals surface area contributed by atoms with Gasteiger partial charge in [0.05, 0.1) is 5.56 Å². The number of carbonyl (C=O) groups excluding carboxylic acids is 1. The molecule has 1 aromatic rings. The quantitative estimate of drug-likeness (QED) is 0.848. The molecule has 0 unspecified atom stereocenters. The van der Waals surface area contributed by atoms with Gasteiger partial charge in [-0.1, -0.05) is 0 Å². The van der Waals surface area contributed by atoms with Gasteiger partial charge in [0.15, 0.2) is 0 Å². The number of alkyl halides is 2. The Kier molecular flexibility index (Phi) is 3.37. The van der Waals surface area contributed by atoms with Gasteiger partial charge >= 0.3 is 6.43 Å². The van der Waals surface area contributed by atoms with Crippen LogP contribution in [0.15, 0.2) is 0 Å². The summed E-state index contributed by atoms with van der Waals surface area (Å²) in [6, 6.07) is 1.88. The second-order valence-electron chi connectivity index (χ2n) is 2.89. The van der Waals surface area contributed by atoms with Crippen LogP contribution in [0.5, 0.6) is 0 Å². The third-order valence-electron chi connectivity index (χ3n) is 1.93. The molecule has 0 fully saturated rings. The zero-order valence-electron chi connectivity index (χ0n) is 8.10. The van der Waals surface area contributed by atoms with Gasteiger partial charge in [-0.2, -0.15) is 14.0 Å². The molecule has 1 amide bonds. The van der Waals surface area contributed by atoms with E-state index in [1.165, 1.54) is 0 Å². The predicted octanol–water partition coefficient (Wildman–Crippen LogP) is 2.44. The number of halogens is 2. The van der Waals surface area contributed by atoms with Crippen molar-refractivity contribution in [3.63, 3.8) is 0 Å². The van der Waals surface area contributed by atoms with Crippen LogP contribution in [0, 0.1) is 25.2 Å². The molecule has 6 heteroatoms. The lowest BCUT2D eigenvalue weighted by Crippen LogP contribution is -2.19. The van der Waals surface area contributed by atoms with Crippen LogP contribution in [0.3, 0.4) is 0 Å². The number of amides is 1. The molecular formula is C9H8F2N2OS. The van der Waals surface area contributed by atoms with Crippen LogP contribution in [0.25, 0.3) is 0 Å². The molecule has 0 aromatic carbocycles. The molecule has 0 radical (unpaired) electrons. The topological polar surface area (TPSA) is 52.9 Å². The molecule has 0 spiro atoms. The SMILES string of the molecule is Cc1sc(NC(=O)C(F)F)c(C#N)c1C. The van der Waals surface area contributed by atoms with E-state index in [0.29, 0.717) is 5.56 Å². The molecule has 0 saturated heterocycles. The van der Waals surface area contributed by atoms with Gasteiger partial charge in [-0.25, -0.2) is 0 Å². The Labute approximate surface area is 89.3 Å². The van der Waals surface area contributed by atoms with Crippen molar-refractivity contribution in [2.45, 2.75) is 20.3 Å². The van der Waals surface area contributed by atoms with Crippen LogP contribution >= 0.6 is 11.3 Å². The molecule has 0 saturated carbocycles. The van der Waals surface area contributed by atoms with E-state index in [1.807, 2.05) is 11.4 Å². The Bertz CT molecular complexity index is 434. The highest BCUT2D eigenvalue weighted by molar-refractivity contribution is 7.16. The molecule has 0 aliphatic heterocycles. The van der Waals surface area contributed by atoms with Crippen molar-refractivity contribution in [3.05, 3.63) is 16.0 Å². The summed E-state index contributed by atoms with van der Waals surface area (Å²) < 4.78 is 23.9. The summed E-state index contributed by atoms with van der Waals surface area (Å²) in [7, 11) is 0. The molecule has 0 atom stereocenters. The summed E-state index contributed by atoms with van der Waals surface area (Å²) in [5.74, 6) is -1.38. The van der Waals surface area contributed by atoms with Gasteiger partial charge in [-0.15, -0.1) is 11.3 Å². The summed E-state index contributed by atoms with van der Waals surface area (Å²) in [6.07, 6.45) is -3.07. The van der Waals surface area contributed by atoms with E-state index in [9.17, 15) is 13.6 Å². The van der Waals surface area contributed by atoms with Crippen molar-refractivity contribution in [1.29, 1.82) is 5.26 Å². The highest BCUT2D eigenvalue weighted by Gasteiger charge is 2.19. The van der Waals surface area contributed by atoms with Crippen LogP contribution in [-0.4, -0.2) is 12.3 Å². The maximum atomic E-state index is 12.0. The molecule has 1 N–H and O–H groups in total. The van der Waals surface area contributed by atoms with Crippen molar-refractivity contribution in [1.82, 2.24) is 0 Å². The zero-order chi connectivity index (χ0) is 11.6. The molecule has 0 aliphatic carbocycles. The first-order valence-corrected chi connectivity index (χ1v) is 4.88. The molecule has 15 heavy (non-hydrogen) atoms. The summed E-state index contributed by atoms with van der Waals surface area (Å²) in [5.41, 5.74) is 0.971. The van der Waals surface area contributed by atoms with Crippen molar-refractivity contribution < 1.29 is 13.6 Å². The third kappa shape index (κ3) is 2.30. The van der Waals surface area contributed by atoms with Gasteiger partial charge in [0, 0.05) is 4.88 Å². The highest BCUT2D eigenvalue weighted by atomic mass is 32.1. The summed E-state index contributed by atoms with van der Waals surface area (Å²) in [6.45, 7) is 3.47.